The number of aliphatic carboxylic acids is 1. The van der Waals surface area contributed by atoms with E-state index in [4.69, 9.17) is 5.11 Å². The lowest BCUT2D eigenvalue weighted by atomic mass is 10.1. The third-order valence-corrected chi connectivity index (χ3v) is 2.73. The largest absolute Gasteiger partial charge is 0.481 e. The van der Waals surface area contributed by atoms with E-state index in [0.717, 1.165) is 0 Å². The lowest BCUT2D eigenvalue weighted by Gasteiger charge is -2.12. The number of nitro benzene ring substituents is 1. The monoisotopic (exact) mass is 295 g/mol. The average Bonchev–Trinajstić information content (AvgIpc) is 2.42. The van der Waals surface area contributed by atoms with E-state index in [-0.39, 0.29) is 30.2 Å². The van der Waals surface area contributed by atoms with Crippen LogP contribution in [0.5, 0.6) is 0 Å². The molecule has 1 aromatic carbocycles. The lowest BCUT2D eigenvalue weighted by Crippen LogP contribution is -2.21. The van der Waals surface area contributed by atoms with Gasteiger partial charge < -0.3 is 15.3 Å². The molecular weight excluding hydrogens is 278 g/mol. The first-order valence-corrected chi connectivity index (χ1v) is 6.28. The van der Waals surface area contributed by atoms with Gasteiger partial charge in [-0.2, -0.15) is 0 Å². The summed E-state index contributed by atoms with van der Waals surface area (Å²) in [5.74, 6) is -1.19. The number of anilines is 1. The molecule has 1 aromatic rings. The van der Waals surface area contributed by atoms with Crippen molar-refractivity contribution in [2.75, 3.05) is 26.0 Å². The topological polar surface area (TPSA) is 113 Å². The number of nitrogens with zero attached hydrogens (tertiary/aromatic N) is 2. The minimum absolute atomic E-state index is 0.0306. The Morgan fingerprint density at radius 3 is 2.57 bits per heavy atom. The number of nitrogens with one attached hydrogen (secondary N) is 1. The maximum atomic E-state index is 11.8. The zero-order valence-electron chi connectivity index (χ0n) is 11.8. The van der Waals surface area contributed by atoms with Crippen molar-refractivity contribution in [3.8, 4) is 0 Å². The summed E-state index contributed by atoms with van der Waals surface area (Å²) in [4.78, 5) is 34.0. The number of carbonyl (C=O) groups is 2. The van der Waals surface area contributed by atoms with Gasteiger partial charge in [0.2, 0.25) is 0 Å². The molecule has 0 saturated heterocycles. The summed E-state index contributed by atoms with van der Waals surface area (Å²) < 4.78 is 0. The Morgan fingerprint density at radius 1 is 1.38 bits per heavy atom. The standard InChI is InChI=1S/C13H17N3O5/c1-15(2)13(19)9-5-6-11(16(20)21)10(8-9)14-7-3-4-12(17)18/h5-6,8,14H,3-4,7H2,1-2H3,(H,17,18). The number of amides is 1. The fraction of sp³-hybridized carbons (Fsp3) is 0.385. The maximum absolute atomic E-state index is 11.8. The Morgan fingerprint density at radius 2 is 2.05 bits per heavy atom. The van der Waals surface area contributed by atoms with E-state index in [1.807, 2.05) is 0 Å². The van der Waals surface area contributed by atoms with E-state index in [0.29, 0.717) is 12.0 Å². The van der Waals surface area contributed by atoms with Crippen molar-refractivity contribution >= 4 is 23.3 Å². The van der Waals surface area contributed by atoms with Crippen LogP contribution in [0.2, 0.25) is 0 Å². The van der Waals surface area contributed by atoms with E-state index in [1.165, 1.54) is 23.1 Å². The average molecular weight is 295 g/mol. The number of carbonyl (C=O) groups excluding carboxylic acids is 1. The number of hydrogen-bond donors (Lipinski definition) is 2. The molecule has 0 heterocycles. The summed E-state index contributed by atoms with van der Waals surface area (Å²) in [6, 6.07) is 4.06. The van der Waals surface area contributed by atoms with Gasteiger partial charge in [-0.3, -0.25) is 19.7 Å². The maximum Gasteiger partial charge on any atom is 0.303 e. The van der Waals surface area contributed by atoms with Gasteiger partial charge in [0.1, 0.15) is 5.69 Å². The molecule has 0 spiro atoms. The van der Waals surface area contributed by atoms with Crippen LogP contribution in [0.1, 0.15) is 23.2 Å². The van der Waals surface area contributed by atoms with Crippen LogP contribution in [0.3, 0.4) is 0 Å². The fourth-order valence-corrected chi connectivity index (χ4v) is 1.69. The van der Waals surface area contributed by atoms with Crippen molar-refractivity contribution < 1.29 is 19.6 Å². The predicted molar refractivity (Wildman–Crippen MR) is 76.5 cm³/mol. The molecule has 8 heteroatoms. The Hall–Kier alpha value is -2.64. The molecule has 0 aromatic heterocycles. The van der Waals surface area contributed by atoms with Gasteiger partial charge in [-0.1, -0.05) is 0 Å². The molecule has 0 bridgehead atoms. The van der Waals surface area contributed by atoms with Crippen molar-refractivity contribution in [3.05, 3.63) is 33.9 Å². The van der Waals surface area contributed by atoms with Crippen molar-refractivity contribution in [3.63, 3.8) is 0 Å². The van der Waals surface area contributed by atoms with Crippen LogP contribution in [0, 0.1) is 10.1 Å². The number of carboxylic acids is 1. The quantitative estimate of drug-likeness (QED) is 0.448. The summed E-state index contributed by atoms with van der Waals surface area (Å²) in [6.07, 6.45) is 0.301. The molecule has 114 valence electrons. The molecule has 8 nitrogen and oxygen atoms in total. The van der Waals surface area contributed by atoms with Gasteiger partial charge in [-0.05, 0) is 18.6 Å². The van der Waals surface area contributed by atoms with E-state index in [1.54, 1.807) is 14.1 Å². The molecule has 0 unspecified atom stereocenters. The summed E-state index contributed by atoms with van der Waals surface area (Å²) in [5, 5.41) is 22.3. The van der Waals surface area contributed by atoms with Gasteiger partial charge in [0.05, 0.1) is 4.92 Å². The van der Waals surface area contributed by atoms with Gasteiger partial charge in [0.15, 0.2) is 0 Å². The summed E-state index contributed by atoms with van der Waals surface area (Å²) in [7, 11) is 3.17. The van der Waals surface area contributed by atoms with Crippen LogP contribution in [0.15, 0.2) is 18.2 Å². The highest BCUT2D eigenvalue weighted by Crippen LogP contribution is 2.26. The minimum Gasteiger partial charge on any atom is -0.481 e. The Balaban J connectivity index is 2.91. The zero-order chi connectivity index (χ0) is 16.0. The van der Waals surface area contributed by atoms with Gasteiger partial charge in [0, 0.05) is 38.7 Å². The molecule has 0 atom stereocenters. The molecular formula is C13H17N3O5. The molecule has 2 N–H and O–H groups in total. The van der Waals surface area contributed by atoms with Crippen LogP contribution >= 0.6 is 0 Å². The van der Waals surface area contributed by atoms with Crippen LogP contribution in [0.25, 0.3) is 0 Å². The molecule has 0 fully saturated rings. The number of rotatable bonds is 7. The first-order chi connectivity index (χ1) is 9.82. The van der Waals surface area contributed by atoms with E-state index < -0.39 is 10.9 Å². The highest BCUT2D eigenvalue weighted by molar-refractivity contribution is 5.95. The number of nitro groups is 1. The second kappa shape index (κ2) is 7.22. The third kappa shape index (κ3) is 4.75. The first kappa shape index (κ1) is 16.4. The van der Waals surface area contributed by atoms with Crippen LogP contribution < -0.4 is 5.32 Å². The van der Waals surface area contributed by atoms with Gasteiger partial charge in [0.25, 0.3) is 11.6 Å². The highest BCUT2D eigenvalue weighted by atomic mass is 16.6. The smallest absolute Gasteiger partial charge is 0.303 e. The van der Waals surface area contributed by atoms with Gasteiger partial charge in [-0.15, -0.1) is 0 Å². The SMILES string of the molecule is CN(C)C(=O)c1ccc([N+](=O)[O-])c(NCCCC(=O)O)c1. The Kier molecular flexibility index (Phi) is 5.65. The fourth-order valence-electron chi connectivity index (χ4n) is 1.69. The second-order valence-corrected chi connectivity index (χ2v) is 4.61. The Labute approximate surface area is 121 Å². The second-order valence-electron chi connectivity index (χ2n) is 4.61. The number of benzene rings is 1. The molecule has 0 radical (unpaired) electrons. The molecule has 21 heavy (non-hydrogen) atoms. The Bertz CT molecular complexity index is 557. The highest BCUT2D eigenvalue weighted by Gasteiger charge is 2.17. The van der Waals surface area contributed by atoms with Gasteiger partial charge >= 0.3 is 5.97 Å². The van der Waals surface area contributed by atoms with Crippen molar-refractivity contribution in [1.29, 1.82) is 0 Å². The number of carboxylic acid groups (broad SMARTS) is 1. The molecule has 1 amide bonds. The van der Waals surface area contributed by atoms with Crippen LogP contribution in [0.4, 0.5) is 11.4 Å². The molecule has 0 aliphatic heterocycles. The zero-order valence-corrected chi connectivity index (χ0v) is 11.8. The van der Waals surface area contributed by atoms with E-state index in [9.17, 15) is 19.7 Å². The molecule has 0 aliphatic rings. The predicted octanol–water partition coefficient (Wildman–Crippen LogP) is 1.57. The lowest BCUT2D eigenvalue weighted by molar-refractivity contribution is -0.384. The van der Waals surface area contributed by atoms with Crippen LogP contribution in [-0.2, 0) is 4.79 Å². The molecule has 0 aliphatic carbocycles. The summed E-state index contributed by atoms with van der Waals surface area (Å²) >= 11 is 0. The van der Waals surface area contributed by atoms with E-state index >= 15 is 0 Å². The summed E-state index contributed by atoms with van der Waals surface area (Å²) in [5.41, 5.74) is 0.380. The van der Waals surface area contributed by atoms with Crippen LogP contribution in [-0.4, -0.2) is 47.4 Å². The first-order valence-electron chi connectivity index (χ1n) is 6.28. The van der Waals surface area contributed by atoms with Crippen molar-refractivity contribution in [2.45, 2.75) is 12.8 Å². The summed E-state index contributed by atoms with van der Waals surface area (Å²) in [6.45, 7) is 0.271. The third-order valence-electron chi connectivity index (χ3n) is 2.73. The minimum atomic E-state index is -0.928. The number of hydrogen-bond acceptors (Lipinski definition) is 5. The molecule has 0 saturated carbocycles. The van der Waals surface area contributed by atoms with Crippen molar-refractivity contribution in [2.24, 2.45) is 0 Å². The van der Waals surface area contributed by atoms with Crippen molar-refractivity contribution in [1.82, 2.24) is 4.90 Å². The van der Waals surface area contributed by atoms with Gasteiger partial charge in [-0.25, -0.2) is 0 Å². The molecule has 1 rings (SSSR count). The van der Waals surface area contributed by atoms with E-state index in [2.05, 4.69) is 5.32 Å². The normalized spacial score (nSPS) is 10.0.